The summed E-state index contributed by atoms with van der Waals surface area (Å²) in [6.45, 7) is 3.56. The molecule has 5 nitrogen and oxygen atoms in total. The molecule has 1 aromatic heterocycles. The van der Waals surface area contributed by atoms with E-state index in [1.807, 2.05) is 4.90 Å². The van der Waals surface area contributed by atoms with Crippen LogP contribution in [0.25, 0.3) is 0 Å². The van der Waals surface area contributed by atoms with Crippen molar-refractivity contribution in [1.82, 2.24) is 14.8 Å². The summed E-state index contributed by atoms with van der Waals surface area (Å²) in [5, 5.41) is 0. The molecule has 1 saturated carbocycles. The summed E-state index contributed by atoms with van der Waals surface area (Å²) in [6.07, 6.45) is 5.81. The molecule has 2 heterocycles. The number of aromatic nitrogens is 1. The predicted octanol–water partition coefficient (Wildman–Crippen LogP) is 1.43. The predicted molar refractivity (Wildman–Crippen MR) is 83.6 cm³/mol. The van der Waals surface area contributed by atoms with E-state index in [0.29, 0.717) is 11.3 Å². The van der Waals surface area contributed by atoms with Crippen molar-refractivity contribution in [3.63, 3.8) is 0 Å². The summed E-state index contributed by atoms with van der Waals surface area (Å²) < 4.78 is 0. The Hall–Kier alpha value is -1.04. The molecule has 1 aromatic rings. The summed E-state index contributed by atoms with van der Waals surface area (Å²) >= 11 is 0. The van der Waals surface area contributed by atoms with Gasteiger partial charge in [0.2, 0.25) is 0 Å². The second kappa shape index (κ2) is 7.11. The van der Waals surface area contributed by atoms with Crippen molar-refractivity contribution in [2.75, 3.05) is 31.9 Å². The lowest BCUT2D eigenvalue weighted by Gasteiger charge is -2.34. The Morgan fingerprint density at radius 2 is 1.85 bits per heavy atom. The summed E-state index contributed by atoms with van der Waals surface area (Å²) in [5.41, 5.74) is 6.85. The molecule has 112 valence electrons. The van der Waals surface area contributed by atoms with Gasteiger partial charge in [0.25, 0.3) is 5.91 Å². The molecule has 20 heavy (non-hydrogen) atoms. The minimum Gasteiger partial charge on any atom is -0.398 e. The number of nitrogens with zero attached hydrogens (tertiary/aromatic N) is 3. The Labute approximate surface area is 131 Å². The molecule has 1 aliphatic carbocycles. The van der Waals surface area contributed by atoms with Crippen LogP contribution < -0.4 is 5.73 Å². The van der Waals surface area contributed by atoms with Gasteiger partial charge in [0, 0.05) is 50.3 Å². The SMILES string of the molecule is Cl.Cl.Nc1ccncc1C(=O)N1CCN(C2CC2)CC1. The normalized spacial score (nSPS) is 18.9. The first-order valence-electron chi connectivity index (χ1n) is 6.48. The fourth-order valence-corrected chi connectivity index (χ4v) is 2.48. The summed E-state index contributed by atoms with van der Waals surface area (Å²) in [7, 11) is 0. The number of pyridine rings is 1. The first-order chi connectivity index (χ1) is 8.75. The van der Waals surface area contributed by atoms with E-state index in [-0.39, 0.29) is 30.7 Å². The van der Waals surface area contributed by atoms with Crippen molar-refractivity contribution in [2.45, 2.75) is 18.9 Å². The maximum absolute atomic E-state index is 12.3. The Morgan fingerprint density at radius 3 is 2.40 bits per heavy atom. The van der Waals surface area contributed by atoms with Crippen LogP contribution in [0.5, 0.6) is 0 Å². The zero-order chi connectivity index (χ0) is 12.5. The lowest BCUT2D eigenvalue weighted by atomic mass is 10.2. The van der Waals surface area contributed by atoms with Gasteiger partial charge in [0.1, 0.15) is 0 Å². The third-order valence-corrected chi connectivity index (χ3v) is 3.75. The fourth-order valence-electron chi connectivity index (χ4n) is 2.48. The molecule has 2 fully saturated rings. The van der Waals surface area contributed by atoms with Crippen LogP contribution in [0.4, 0.5) is 5.69 Å². The molecule has 2 N–H and O–H groups in total. The van der Waals surface area contributed by atoms with E-state index >= 15 is 0 Å². The zero-order valence-corrected chi connectivity index (χ0v) is 12.8. The van der Waals surface area contributed by atoms with Crippen LogP contribution in [0.3, 0.4) is 0 Å². The number of piperazine rings is 1. The van der Waals surface area contributed by atoms with Gasteiger partial charge in [-0.05, 0) is 18.9 Å². The number of hydrogen-bond donors (Lipinski definition) is 1. The fraction of sp³-hybridized carbons (Fsp3) is 0.538. The molecule has 0 unspecified atom stereocenters. The summed E-state index contributed by atoms with van der Waals surface area (Å²) in [4.78, 5) is 20.6. The highest BCUT2D eigenvalue weighted by Gasteiger charge is 2.32. The number of halogens is 2. The summed E-state index contributed by atoms with van der Waals surface area (Å²) in [5.74, 6) is 0.0102. The number of nitrogens with two attached hydrogens (primary N) is 1. The Morgan fingerprint density at radius 1 is 1.20 bits per heavy atom. The van der Waals surface area contributed by atoms with E-state index in [0.717, 1.165) is 32.2 Å². The number of carbonyl (C=O) groups excluding carboxylic acids is 1. The molecular weight excluding hydrogens is 299 g/mol. The highest BCUT2D eigenvalue weighted by Crippen LogP contribution is 2.27. The van der Waals surface area contributed by atoms with Gasteiger partial charge in [-0.2, -0.15) is 0 Å². The summed E-state index contributed by atoms with van der Waals surface area (Å²) in [6, 6.07) is 2.46. The van der Waals surface area contributed by atoms with Crippen LogP contribution in [0, 0.1) is 0 Å². The average Bonchev–Trinajstić information content (AvgIpc) is 3.23. The number of rotatable bonds is 2. The zero-order valence-electron chi connectivity index (χ0n) is 11.2. The maximum Gasteiger partial charge on any atom is 0.257 e. The van der Waals surface area contributed by atoms with Crippen LogP contribution in [-0.2, 0) is 0 Å². The van der Waals surface area contributed by atoms with E-state index < -0.39 is 0 Å². The number of carbonyl (C=O) groups is 1. The molecule has 2 aliphatic rings. The lowest BCUT2D eigenvalue weighted by Crippen LogP contribution is -2.49. The second-order valence-corrected chi connectivity index (χ2v) is 5.02. The molecule has 1 amide bonds. The van der Waals surface area contributed by atoms with Crippen molar-refractivity contribution < 1.29 is 4.79 Å². The molecule has 7 heteroatoms. The Balaban J connectivity index is 0.000001000. The largest absolute Gasteiger partial charge is 0.398 e. The van der Waals surface area contributed by atoms with Gasteiger partial charge in [-0.15, -0.1) is 24.8 Å². The van der Waals surface area contributed by atoms with Crippen molar-refractivity contribution in [2.24, 2.45) is 0 Å². The minimum absolute atomic E-state index is 0. The number of nitrogen functional groups attached to an aromatic ring is 1. The number of hydrogen-bond acceptors (Lipinski definition) is 4. The second-order valence-electron chi connectivity index (χ2n) is 5.02. The third-order valence-electron chi connectivity index (χ3n) is 3.75. The molecule has 0 atom stereocenters. The first-order valence-corrected chi connectivity index (χ1v) is 6.48. The highest BCUT2D eigenvalue weighted by atomic mass is 35.5. The standard InChI is InChI=1S/C13H18N4O.2ClH/c14-12-3-4-15-9-11(12)13(18)17-7-5-16(6-8-17)10-1-2-10;;/h3-4,9-10H,1-2,5-8H2,(H2,14,15);2*1H. The smallest absolute Gasteiger partial charge is 0.257 e. The maximum atomic E-state index is 12.3. The van der Waals surface area contributed by atoms with E-state index in [9.17, 15) is 4.79 Å². The molecule has 3 rings (SSSR count). The molecule has 0 radical (unpaired) electrons. The van der Waals surface area contributed by atoms with Gasteiger partial charge in [-0.1, -0.05) is 0 Å². The monoisotopic (exact) mass is 318 g/mol. The minimum atomic E-state index is 0. The van der Waals surface area contributed by atoms with E-state index in [4.69, 9.17) is 5.73 Å². The number of anilines is 1. The number of amides is 1. The van der Waals surface area contributed by atoms with Crippen LogP contribution in [-0.4, -0.2) is 52.9 Å². The van der Waals surface area contributed by atoms with E-state index in [1.165, 1.54) is 12.8 Å². The first kappa shape index (κ1) is 17.0. The molecule has 1 aliphatic heterocycles. The molecule has 0 aromatic carbocycles. The van der Waals surface area contributed by atoms with Crippen molar-refractivity contribution >= 4 is 36.4 Å². The highest BCUT2D eigenvalue weighted by molar-refractivity contribution is 5.98. The van der Waals surface area contributed by atoms with Crippen LogP contribution >= 0.6 is 24.8 Å². The quantitative estimate of drug-likeness (QED) is 0.896. The van der Waals surface area contributed by atoms with Crippen molar-refractivity contribution in [3.05, 3.63) is 24.0 Å². The van der Waals surface area contributed by atoms with Gasteiger partial charge in [-0.3, -0.25) is 14.7 Å². The van der Waals surface area contributed by atoms with Crippen molar-refractivity contribution in [3.8, 4) is 0 Å². The van der Waals surface area contributed by atoms with Gasteiger partial charge >= 0.3 is 0 Å². The van der Waals surface area contributed by atoms with E-state index in [2.05, 4.69) is 9.88 Å². The van der Waals surface area contributed by atoms with Gasteiger partial charge < -0.3 is 10.6 Å². The lowest BCUT2D eigenvalue weighted by molar-refractivity contribution is 0.0628. The third kappa shape index (κ3) is 3.53. The Bertz CT molecular complexity index is 459. The molecule has 1 saturated heterocycles. The van der Waals surface area contributed by atoms with Crippen LogP contribution in [0.1, 0.15) is 23.2 Å². The molecule has 0 bridgehead atoms. The Kier molecular flexibility index (Phi) is 6.05. The molecule has 0 spiro atoms. The van der Waals surface area contributed by atoms with Gasteiger partial charge in [0.15, 0.2) is 0 Å². The van der Waals surface area contributed by atoms with Crippen LogP contribution in [0.2, 0.25) is 0 Å². The average molecular weight is 319 g/mol. The van der Waals surface area contributed by atoms with Crippen LogP contribution in [0.15, 0.2) is 18.5 Å². The molecular formula is C13H20Cl2N4O. The van der Waals surface area contributed by atoms with Gasteiger partial charge in [-0.25, -0.2) is 0 Å². The topological polar surface area (TPSA) is 62.5 Å². The van der Waals surface area contributed by atoms with Gasteiger partial charge in [0.05, 0.1) is 5.56 Å². The van der Waals surface area contributed by atoms with E-state index in [1.54, 1.807) is 18.5 Å². The van der Waals surface area contributed by atoms with Crippen molar-refractivity contribution in [1.29, 1.82) is 0 Å².